The predicted molar refractivity (Wildman–Crippen MR) is 77.3 cm³/mol. The molecule has 0 radical (unpaired) electrons. The van der Waals surface area contributed by atoms with E-state index in [2.05, 4.69) is 0 Å². The molecule has 0 spiro atoms. The molecule has 0 atom stereocenters. The molecule has 0 aromatic heterocycles. The maximum atomic E-state index is 13.6. The molecule has 0 amide bonds. The van der Waals surface area contributed by atoms with Gasteiger partial charge < -0.3 is 5.11 Å². The minimum Gasteiger partial charge on any atom is -0.478 e. The molecule has 0 aromatic carbocycles. The van der Waals surface area contributed by atoms with E-state index in [1.54, 1.807) is 0 Å². The van der Waals surface area contributed by atoms with Gasteiger partial charge in [0.15, 0.2) is 5.83 Å². The van der Waals surface area contributed by atoms with Crippen molar-refractivity contribution in [2.24, 2.45) is 0 Å². The minimum atomic E-state index is -9.75. The molecule has 0 heterocycles. The van der Waals surface area contributed by atoms with Crippen molar-refractivity contribution in [3.05, 3.63) is 11.9 Å². The zero-order valence-corrected chi connectivity index (χ0v) is 18.3. The van der Waals surface area contributed by atoms with Crippen LogP contribution in [0.4, 0.5) is 114 Å². The van der Waals surface area contributed by atoms with Crippen molar-refractivity contribution < 1.29 is 124 Å². The lowest BCUT2D eigenvalue weighted by Gasteiger charge is -2.45. The topological polar surface area (TPSA) is 37.3 Å². The minimum absolute atomic E-state index is 1.91. The first-order chi connectivity index (χ1) is 18.1. The fourth-order valence-electron chi connectivity index (χ4n) is 2.30. The lowest BCUT2D eigenvalue weighted by molar-refractivity contribution is -0.481. The number of carbonyl (C=O) groups is 1. The molecule has 0 saturated heterocycles. The van der Waals surface area contributed by atoms with Crippen molar-refractivity contribution in [1.82, 2.24) is 0 Å². The summed E-state index contributed by atoms with van der Waals surface area (Å²) < 4.78 is 343. The first kappa shape index (κ1) is 40.4. The summed E-state index contributed by atoms with van der Waals surface area (Å²) >= 11 is 0. The molecule has 0 aliphatic carbocycles. The van der Waals surface area contributed by atoms with E-state index in [1.807, 2.05) is 0 Å². The van der Waals surface area contributed by atoms with E-state index >= 15 is 0 Å². The molecule has 0 aliphatic heterocycles. The monoisotopic (exact) mass is 708 g/mol. The van der Waals surface area contributed by atoms with Gasteiger partial charge in [-0.05, 0) is 0 Å². The van der Waals surface area contributed by atoms with Crippen molar-refractivity contribution in [1.29, 1.82) is 0 Å². The third-order valence-corrected chi connectivity index (χ3v) is 4.85. The molecule has 28 heteroatoms. The number of carboxylic acid groups (broad SMARTS) is 1. The largest absolute Gasteiger partial charge is 0.478 e. The molecule has 0 bridgehead atoms. The smallest absolute Gasteiger partial charge is 0.460 e. The second-order valence-electron chi connectivity index (χ2n) is 7.65. The SMILES string of the molecule is O=C(O)/C=C(\F)C(F)(F)C(F)(F)C(F)(F)C(F)(F)C(F)(F)C(F)(F)C(F)(F)C(F)(F)C(F)(F)C(F)(F)C(F)(F)C(F)(F)F. The van der Waals surface area contributed by atoms with Crippen molar-refractivity contribution in [2.45, 2.75) is 71.3 Å². The molecule has 256 valence electrons. The van der Waals surface area contributed by atoms with E-state index in [1.165, 1.54) is 0 Å². The summed E-state index contributed by atoms with van der Waals surface area (Å²) in [7, 11) is 0. The van der Waals surface area contributed by atoms with E-state index < -0.39 is 89.2 Å². The van der Waals surface area contributed by atoms with Gasteiger partial charge in [-0.3, -0.25) is 0 Å². The van der Waals surface area contributed by atoms with Crippen LogP contribution >= 0.6 is 0 Å². The highest BCUT2D eigenvalue weighted by Gasteiger charge is 2.99. The fourth-order valence-corrected chi connectivity index (χ4v) is 2.30. The Bertz CT molecular complexity index is 1090. The zero-order valence-electron chi connectivity index (χ0n) is 18.3. The van der Waals surface area contributed by atoms with E-state index in [-0.39, 0.29) is 0 Å². The van der Waals surface area contributed by atoms with Gasteiger partial charge in [-0.1, -0.05) is 0 Å². The van der Waals surface area contributed by atoms with Crippen LogP contribution in [0.1, 0.15) is 0 Å². The quantitative estimate of drug-likeness (QED) is 0.163. The number of aliphatic carboxylic acids is 1. The molecule has 0 aromatic rings. The maximum absolute atomic E-state index is 13.6. The first-order valence-corrected chi connectivity index (χ1v) is 8.92. The molecule has 0 fully saturated rings. The lowest BCUT2D eigenvalue weighted by atomic mass is 9.84. The predicted octanol–water partition coefficient (Wildman–Crippen LogP) is 8.48. The van der Waals surface area contributed by atoms with Crippen LogP contribution in [0.25, 0.3) is 0 Å². The summed E-state index contributed by atoms with van der Waals surface area (Å²) in [5, 5.41) is 7.87. The average molecular weight is 708 g/mol. The second-order valence-corrected chi connectivity index (χ2v) is 7.65. The highest BCUT2D eigenvalue weighted by Crippen LogP contribution is 2.68. The molecular formula is C15H2F26O2. The Kier molecular flexibility index (Phi) is 9.34. The normalized spacial score (nSPS) is 16.9. The average Bonchev–Trinajstić information content (AvgIpc) is 2.76. The summed E-state index contributed by atoms with van der Waals surface area (Å²) in [6.45, 7) is 0. The van der Waals surface area contributed by atoms with Crippen LogP contribution in [0.3, 0.4) is 0 Å². The van der Waals surface area contributed by atoms with E-state index in [9.17, 15) is 119 Å². The second kappa shape index (κ2) is 9.95. The Morgan fingerprint density at radius 2 is 0.558 bits per heavy atom. The van der Waals surface area contributed by atoms with Gasteiger partial charge in [0, 0.05) is 0 Å². The molecule has 1 N–H and O–H groups in total. The molecule has 0 aliphatic rings. The van der Waals surface area contributed by atoms with Gasteiger partial charge in [0.2, 0.25) is 0 Å². The van der Waals surface area contributed by atoms with Crippen LogP contribution in [-0.4, -0.2) is 82.4 Å². The molecule has 43 heavy (non-hydrogen) atoms. The first-order valence-electron chi connectivity index (χ1n) is 8.92. The van der Waals surface area contributed by atoms with Crippen molar-refractivity contribution >= 4 is 5.97 Å². The van der Waals surface area contributed by atoms with Crippen molar-refractivity contribution in [3.63, 3.8) is 0 Å². The van der Waals surface area contributed by atoms with Gasteiger partial charge in [0.05, 0.1) is 6.08 Å². The lowest BCUT2D eigenvalue weighted by Crippen LogP contribution is -2.78. The van der Waals surface area contributed by atoms with Crippen LogP contribution in [-0.2, 0) is 4.79 Å². The van der Waals surface area contributed by atoms with E-state index in [4.69, 9.17) is 5.11 Å². The number of rotatable bonds is 12. The van der Waals surface area contributed by atoms with E-state index in [0.29, 0.717) is 0 Å². The van der Waals surface area contributed by atoms with Crippen molar-refractivity contribution in [2.75, 3.05) is 0 Å². The van der Waals surface area contributed by atoms with Crippen LogP contribution < -0.4 is 0 Å². The summed E-state index contributed by atoms with van der Waals surface area (Å²) in [6.07, 6.45) is -10.1. The van der Waals surface area contributed by atoms with Gasteiger partial charge in [-0.25, -0.2) is 9.18 Å². The van der Waals surface area contributed by atoms with Gasteiger partial charge in [-0.15, -0.1) is 0 Å². The van der Waals surface area contributed by atoms with Crippen molar-refractivity contribution in [3.8, 4) is 0 Å². The molecule has 0 saturated carbocycles. The molecule has 0 rings (SSSR count). The Morgan fingerprint density at radius 1 is 0.372 bits per heavy atom. The highest BCUT2D eigenvalue weighted by molar-refractivity contribution is 5.80. The van der Waals surface area contributed by atoms with Gasteiger partial charge in [0.1, 0.15) is 0 Å². The number of halogens is 26. The Balaban J connectivity index is 7.44. The molecule has 0 unspecified atom stereocenters. The highest BCUT2D eigenvalue weighted by atomic mass is 19.4. The third kappa shape index (κ3) is 4.87. The zero-order chi connectivity index (χ0) is 35.9. The Hall–Kier alpha value is -2.61. The standard InChI is InChI=1S/C15H2F26O2/c16-2(1-3(42)43)4(17,18)5(19,20)6(21,22)7(23,24)8(25,26)9(27,28)10(29,30)11(31,32)12(33,34)13(35,36)14(37,38)15(39,40)41/h1H,(H,42,43)/b2-1-. The number of carboxylic acids is 1. The summed E-state index contributed by atoms with van der Waals surface area (Å²) in [6, 6.07) is 0. The third-order valence-electron chi connectivity index (χ3n) is 4.85. The van der Waals surface area contributed by atoms with Crippen LogP contribution in [0.2, 0.25) is 0 Å². The fraction of sp³-hybridized carbons (Fsp3) is 0.800. The number of allylic oxidation sites excluding steroid dienone is 1. The Labute approximate surface area is 214 Å². The number of hydrogen-bond donors (Lipinski definition) is 1. The van der Waals surface area contributed by atoms with Crippen LogP contribution in [0.5, 0.6) is 0 Å². The number of hydrogen-bond acceptors (Lipinski definition) is 1. The molecule has 2 nitrogen and oxygen atoms in total. The number of alkyl halides is 25. The maximum Gasteiger partial charge on any atom is 0.460 e. The van der Waals surface area contributed by atoms with Gasteiger partial charge >= 0.3 is 77.3 Å². The van der Waals surface area contributed by atoms with Crippen LogP contribution in [0, 0.1) is 0 Å². The van der Waals surface area contributed by atoms with E-state index in [0.717, 1.165) is 0 Å². The summed E-state index contributed by atoms with van der Waals surface area (Å²) in [5.41, 5.74) is 0. The Morgan fingerprint density at radius 3 is 0.744 bits per heavy atom. The molecular weight excluding hydrogens is 706 g/mol. The van der Waals surface area contributed by atoms with Crippen LogP contribution in [0.15, 0.2) is 11.9 Å². The summed E-state index contributed by atoms with van der Waals surface area (Å²) in [4.78, 5) is 9.97. The van der Waals surface area contributed by atoms with Gasteiger partial charge in [-0.2, -0.15) is 110 Å². The van der Waals surface area contributed by atoms with Gasteiger partial charge in [0.25, 0.3) is 0 Å². The summed E-state index contributed by atoms with van der Waals surface area (Å²) in [5.74, 6) is -109.